The van der Waals surface area contributed by atoms with Gasteiger partial charge in [0.15, 0.2) is 0 Å². The fraction of sp³-hybridized carbons (Fsp3) is 0.375. The lowest BCUT2D eigenvalue weighted by molar-refractivity contribution is -0.140. The van der Waals surface area contributed by atoms with Crippen molar-refractivity contribution in [2.45, 2.75) is 43.4 Å². The summed E-state index contributed by atoms with van der Waals surface area (Å²) in [4.78, 5) is 40.0. The molecule has 0 aliphatic carbocycles. The van der Waals surface area contributed by atoms with Crippen LogP contribution in [0.4, 0.5) is 27.2 Å². The summed E-state index contributed by atoms with van der Waals surface area (Å²) >= 11 is 0. The highest BCUT2D eigenvalue weighted by molar-refractivity contribution is 5.98. The van der Waals surface area contributed by atoms with Gasteiger partial charge in [0.2, 0.25) is 5.91 Å². The third-order valence-corrected chi connectivity index (χ3v) is 6.37. The molecule has 4 rings (SSSR count). The fourth-order valence-corrected chi connectivity index (χ4v) is 4.78. The van der Waals surface area contributed by atoms with Gasteiger partial charge in [0.25, 0.3) is 0 Å². The van der Waals surface area contributed by atoms with Crippen LogP contribution in [0.2, 0.25) is 0 Å². The second-order valence-corrected chi connectivity index (χ2v) is 8.53. The quantitative estimate of drug-likeness (QED) is 0.611. The molecule has 0 aromatic heterocycles. The summed E-state index contributed by atoms with van der Waals surface area (Å²) in [5.41, 5.74) is -0.827. The first kappa shape index (κ1) is 24.5. The average molecular weight is 494 g/mol. The van der Waals surface area contributed by atoms with Crippen LogP contribution in [0, 0.1) is 5.82 Å². The van der Waals surface area contributed by atoms with Gasteiger partial charge in [0.1, 0.15) is 12.4 Å². The molecule has 3 atom stereocenters. The van der Waals surface area contributed by atoms with E-state index in [2.05, 4.69) is 0 Å². The van der Waals surface area contributed by atoms with Gasteiger partial charge in [-0.2, -0.15) is 13.2 Å². The molecule has 0 bridgehead atoms. The van der Waals surface area contributed by atoms with Crippen molar-refractivity contribution in [1.82, 2.24) is 9.80 Å². The number of ether oxygens (including phenoxy) is 1. The third kappa shape index (κ3) is 4.94. The summed E-state index contributed by atoms with van der Waals surface area (Å²) in [6, 6.07) is 9.37. The van der Waals surface area contributed by atoms with Gasteiger partial charge in [0, 0.05) is 6.54 Å². The van der Waals surface area contributed by atoms with Gasteiger partial charge in [-0.1, -0.05) is 36.4 Å². The van der Waals surface area contributed by atoms with Crippen LogP contribution < -0.4 is 0 Å². The number of nitrogens with zero attached hydrogens (tertiary/aromatic N) is 2. The molecular formula is C24H22F4N2O5. The van der Waals surface area contributed by atoms with E-state index in [0.717, 1.165) is 21.4 Å². The topological polar surface area (TPSA) is 87.2 Å². The van der Waals surface area contributed by atoms with Crippen LogP contribution in [0.15, 0.2) is 48.5 Å². The van der Waals surface area contributed by atoms with Crippen molar-refractivity contribution < 1.29 is 41.8 Å². The molecule has 2 aromatic carbocycles. The van der Waals surface area contributed by atoms with E-state index in [1.54, 1.807) is 30.3 Å². The van der Waals surface area contributed by atoms with Crippen LogP contribution in [0.3, 0.4) is 0 Å². The molecule has 2 fully saturated rings. The van der Waals surface area contributed by atoms with E-state index in [9.17, 15) is 37.1 Å². The van der Waals surface area contributed by atoms with Crippen LogP contribution in [-0.4, -0.2) is 58.2 Å². The molecule has 0 radical (unpaired) electrons. The van der Waals surface area contributed by atoms with E-state index >= 15 is 0 Å². The van der Waals surface area contributed by atoms with E-state index in [0.29, 0.717) is 18.6 Å². The van der Waals surface area contributed by atoms with Crippen LogP contribution in [0.25, 0.3) is 0 Å². The summed E-state index contributed by atoms with van der Waals surface area (Å²) in [5.74, 6) is -3.82. The molecule has 2 unspecified atom stereocenters. The Balaban J connectivity index is 1.73. The Morgan fingerprint density at radius 2 is 1.86 bits per heavy atom. The van der Waals surface area contributed by atoms with Gasteiger partial charge >= 0.3 is 18.4 Å². The zero-order valence-corrected chi connectivity index (χ0v) is 18.4. The standard InChI is InChI=1S/C24H22F4N2O5/c25-18-12-15(8-9-17(18)24(26,27)28)20(19-7-4-10-29(19)22(32)33)21(31)30-16(13-35-23(30)34)11-14-5-2-1-3-6-14/h1-3,5-6,8-9,12,16,19-20H,4,7,10-11,13H2,(H,32,33)/t16?,19?,20-/m0/s1. The van der Waals surface area contributed by atoms with E-state index in [1.807, 2.05) is 0 Å². The molecule has 35 heavy (non-hydrogen) atoms. The van der Waals surface area contributed by atoms with E-state index in [1.165, 1.54) is 0 Å². The van der Waals surface area contributed by atoms with Gasteiger partial charge in [-0.25, -0.2) is 18.9 Å². The SMILES string of the molecule is O=C(O)N1CCCC1[C@@H](C(=O)N1C(=O)OCC1Cc1ccccc1)c1ccc(C(F)(F)F)c(F)c1. The second-order valence-electron chi connectivity index (χ2n) is 8.53. The number of rotatable bonds is 5. The maximum Gasteiger partial charge on any atom is 0.419 e. The van der Waals surface area contributed by atoms with Gasteiger partial charge in [0.05, 0.1) is 23.6 Å². The highest BCUT2D eigenvalue weighted by Crippen LogP contribution is 2.38. The number of halogens is 4. The second kappa shape index (κ2) is 9.55. The molecule has 0 saturated carbocycles. The highest BCUT2D eigenvalue weighted by atomic mass is 19.4. The van der Waals surface area contributed by atoms with Crippen molar-refractivity contribution in [1.29, 1.82) is 0 Å². The Bertz CT molecular complexity index is 1120. The number of hydrogen-bond acceptors (Lipinski definition) is 4. The van der Waals surface area contributed by atoms with Crippen LogP contribution >= 0.6 is 0 Å². The van der Waals surface area contributed by atoms with Gasteiger partial charge < -0.3 is 14.7 Å². The number of likely N-dealkylation sites (tertiary alicyclic amines) is 1. The van der Waals surface area contributed by atoms with Crippen molar-refractivity contribution in [3.63, 3.8) is 0 Å². The smallest absolute Gasteiger partial charge is 0.419 e. The van der Waals surface area contributed by atoms with Crippen LogP contribution in [-0.2, 0) is 22.1 Å². The lowest BCUT2D eigenvalue weighted by Crippen LogP contribution is -2.49. The first-order chi connectivity index (χ1) is 16.6. The van der Waals surface area contributed by atoms with Crippen LogP contribution in [0.1, 0.15) is 35.4 Å². The van der Waals surface area contributed by atoms with Gasteiger partial charge in [-0.05, 0) is 42.5 Å². The molecule has 2 aliphatic rings. The molecule has 186 valence electrons. The number of cyclic esters (lactones) is 1. The number of hydrogen-bond donors (Lipinski definition) is 1. The van der Waals surface area contributed by atoms with Crippen molar-refractivity contribution >= 4 is 18.1 Å². The minimum Gasteiger partial charge on any atom is -0.465 e. The Kier molecular flexibility index (Phi) is 6.68. The molecule has 2 aliphatic heterocycles. The largest absolute Gasteiger partial charge is 0.465 e. The number of benzene rings is 2. The lowest BCUT2D eigenvalue weighted by atomic mass is 9.87. The first-order valence-corrected chi connectivity index (χ1v) is 11.0. The summed E-state index contributed by atoms with van der Waals surface area (Å²) in [7, 11) is 0. The normalized spacial score (nSPS) is 21.2. The summed E-state index contributed by atoms with van der Waals surface area (Å²) < 4.78 is 58.9. The van der Waals surface area contributed by atoms with E-state index < -0.39 is 53.7 Å². The predicted octanol–water partition coefficient (Wildman–Crippen LogP) is 4.66. The van der Waals surface area contributed by atoms with Crippen molar-refractivity contribution in [3.8, 4) is 0 Å². The minimum atomic E-state index is -4.94. The molecule has 0 spiro atoms. The van der Waals surface area contributed by atoms with Crippen molar-refractivity contribution in [2.75, 3.05) is 13.2 Å². The van der Waals surface area contributed by atoms with Gasteiger partial charge in [-0.15, -0.1) is 0 Å². The van der Waals surface area contributed by atoms with Gasteiger partial charge in [-0.3, -0.25) is 4.79 Å². The molecule has 3 amide bonds. The number of alkyl halides is 3. The summed E-state index contributed by atoms with van der Waals surface area (Å²) in [6.45, 7) is 0.00561. The van der Waals surface area contributed by atoms with E-state index in [-0.39, 0.29) is 31.6 Å². The Morgan fingerprint density at radius 3 is 2.49 bits per heavy atom. The summed E-state index contributed by atoms with van der Waals surface area (Å²) in [6.07, 6.45) is -6.31. The first-order valence-electron chi connectivity index (χ1n) is 11.0. The van der Waals surface area contributed by atoms with Crippen molar-refractivity contribution in [3.05, 3.63) is 71.0 Å². The molecule has 7 nitrogen and oxygen atoms in total. The maximum absolute atomic E-state index is 14.5. The number of carboxylic acid groups (broad SMARTS) is 1. The number of carbonyl (C=O) groups is 3. The Labute approximate surface area is 197 Å². The lowest BCUT2D eigenvalue weighted by Gasteiger charge is -2.32. The molecular weight excluding hydrogens is 472 g/mol. The predicted molar refractivity (Wildman–Crippen MR) is 114 cm³/mol. The van der Waals surface area contributed by atoms with Crippen LogP contribution in [0.5, 0.6) is 0 Å². The van der Waals surface area contributed by atoms with E-state index in [4.69, 9.17) is 4.74 Å². The summed E-state index contributed by atoms with van der Waals surface area (Å²) in [5, 5.41) is 9.62. The highest BCUT2D eigenvalue weighted by Gasteiger charge is 2.47. The number of imide groups is 1. The maximum atomic E-state index is 14.5. The zero-order valence-electron chi connectivity index (χ0n) is 18.4. The minimum absolute atomic E-state index is 0.0964. The van der Waals surface area contributed by atoms with Crippen molar-refractivity contribution in [2.24, 2.45) is 0 Å². The fourth-order valence-electron chi connectivity index (χ4n) is 4.78. The monoisotopic (exact) mass is 494 g/mol. The molecule has 2 saturated heterocycles. The molecule has 11 heteroatoms. The Hall–Kier alpha value is -3.63. The number of carbonyl (C=O) groups excluding carboxylic acids is 2. The third-order valence-electron chi connectivity index (χ3n) is 6.37. The molecule has 1 N–H and O–H groups in total. The average Bonchev–Trinajstić information content (AvgIpc) is 3.41. The molecule has 2 heterocycles. The Morgan fingerprint density at radius 1 is 1.14 bits per heavy atom. The zero-order chi connectivity index (χ0) is 25.3. The number of amides is 3. The molecule has 2 aromatic rings.